The lowest BCUT2D eigenvalue weighted by Crippen LogP contribution is -2.32. The third-order valence-corrected chi connectivity index (χ3v) is 6.66. The van der Waals surface area contributed by atoms with Crippen LogP contribution in [-0.4, -0.2) is 40.2 Å². The normalized spacial score (nSPS) is 21.2. The van der Waals surface area contributed by atoms with E-state index in [-0.39, 0.29) is 29.5 Å². The number of fused-ring (bicyclic) bond motifs is 1. The van der Waals surface area contributed by atoms with Gasteiger partial charge >= 0.3 is 0 Å². The number of nitrogens with one attached hydrogen (secondary N) is 2. The quantitative estimate of drug-likeness (QED) is 0.754. The Morgan fingerprint density at radius 2 is 1.83 bits per heavy atom. The van der Waals surface area contributed by atoms with Crippen LogP contribution in [0.15, 0.2) is 53.4 Å². The van der Waals surface area contributed by atoms with Crippen LogP contribution >= 0.6 is 0 Å². The summed E-state index contributed by atoms with van der Waals surface area (Å²) in [7, 11) is -3.64. The molecule has 2 aliphatic heterocycles. The van der Waals surface area contributed by atoms with E-state index in [1.54, 1.807) is 0 Å². The summed E-state index contributed by atoms with van der Waals surface area (Å²) in [5.41, 5.74) is 1.36. The van der Waals surface area contributed by atoms with E-state index in [9.17, 15) is 13.2 Å². The minimum Gasteiger partial charge on any atom is -0.493 e. The van der Waals surface area contributed by atoms with Crippen LogP contribution in [-0.2, 0) is 14.8 Å². The van der Waals surface area contributed by atoms with Gasteiger partial charge in [0.25, 0.3) is 5.91 Å². The van der Waals surface area contributed by atoms with Crippen LogP contribution in [0.25, 0.3) is 0 Å². The van der Waals surface area contributed by atoms with Crippen molar-refractivity contribution >= 4 is 15.9 Å². The number of carbonyl (C=O) groups is 1. The Morgan fingerprint density at radius 3 is 2.59 bits per heavy atom. The predicted molar refractivity (Wildman–Crippen MR) is 107 cm³/mol. The van der Waals surface area contributed by atoms with E-state index < -0.39 is 10.0 Å². The van der Waals surface area contributed by atoms with Crippen LogP contribution in [0.1, 0.15) is 41.2 Å². The van der Waals surface area contributed by atoms with Crippen molar-refractivity contribution < 1.29 is 22.7 Å². The molecular weight excluding hydrogens is 392 g/mol. The predicted octanol–water partition coefficient (Wildman–Crippen LogP) is 2.40. The fraction of sp³-hybridized carbons (Fsp3) is 0.381. The highest BCUT2D eigenvalue weighted by Gasteiger charge is 2.24. The zero-order chi connectivity index (χ0) is 20.3. The topological polar surface area (TPSA) is 93.7 Å². The lowest BCUT2D eigenvalue weighted by molar-refractivity contribution is 0.0924. The number of sulfonamides is 1. The molecule has 2 heterocycles. The number of rotatable bonds is 6. The molecule has 0 aliphatic carbocycles. The van der Waals surface area contributed by atoms with E-state index in [0.717, 1.165) is 24.2 Å². The van der Waals surface area contributed by atoms with E-state index in [0.29, 0.717) is 25.2 Å². The third kappa shape index (κ3) is 4.60. The summed E-state index contributed by atoms with van der Waals surface area (Å²) < 4.78 is 38.5. The fourth-order valence-electron chi connectivity index (χ4n) is 3.61. The van der Waals surface area contributed by atoms with Crippen molar-refractivity contribution in [1.29, 1.82) is 0 Å². The van der Waals surface area contributed by atoms with Crippen molar-refractivity contribution in [3.05, 3.63) is 59.7 Å². The Bertz CT molecular complexity index is 969. The number of para-hydroxylation sites is 1. The molecule has 2 aromatic rings. The molecule has 2 unspecified atom stereocenters. The number of hydrogen-bond acceptors (Lipinski definition) is 5. The van der Waals surface area contributed by atoms with Crippen LogP contribution in [0.5, 0.6) is 5.75 Å². The molecule has 1 saturated heterocycles. The van der Waals surface area contributed by atoms with Crippen molar-refractivity contribution in [2.24, 2.45) is 0 Å². The largest absolute Gasteiger partial charge is 0.493 e. The molecule has 0 bridgehead atoms. The molecule has 2 N–H and O–H groups in total. The van der Waals surface area contributed by atoms with Crippen LogP contribution < -0.4 is 14.8 Å². The van der Waals surface area contributed by atoms with Crippen molar-refractivity contribution in [2.45, 2.75) is 36.3 Å². The summed E-state index contributed by atoms with van der Waals surface area (Å²) in [5, 5.41) is 3.01. The van der Waals surface area contributed by atoms with Gasteiger partial charge in [0.05, 0.1) is 23.6 Å². The highest BCUT2D eigenvalue weighted by Crippen LogP contribution is 2.31. The SMILES string of the molecule is O=C(NC1CCOc2ccccc21)c1ccc(S(=O)(=O)NCC2CCCO2)cc1. The summed E-state index contributed by atoms with van der Waals surface area (Å²) in [5.74, 6) is 0.533. The first-order valence-electron chi connectivity index (χ1n) is 9.77. The number of benzene rings is 2. The molecule has 0 aromatic heterocycles. The van der Waals surface area contributed by atoms with Gasteiger partial charge in [0.15, 0.2) is 0 Å². The Morgan fingerprint density at radius 1 is 1.03 bits per heavy atom. The maximum Gasteiger partial charge on any atom is 0.251 e. The smallest absolute Gasteiger partial charge is 0.251 e. The maximum atomic E-state index is 12.6. The highest BCUT2D eigenvalue weighted by molar-refractivity contribution is 7.89. The first kappa shape index (κ1) is 19.9. The van der Waals surface area contributed by atoms with E-state index in [4.69, 9.17) is 9.47 Å². The first-order valence-corrected chi connectivity index (χ1v) is 11.3. The monoisotopic (exact) mass is 416 g/mol. The Hall–Kier alpha value is -2.42. The number of amides is 1. The Kier molecular flexibility index (Phi) is 5.84. The lowest BCUT2D eigenvalue weighted by Gasteiger charge is -2.26. The molecule has 0 radical (unpaired) electrons. The van der Waals surface area contributed by atoms with Crippen molar-refractivity contribution in [1.82, 2.24) is 10.0 Å². The molecule has 8 heteroatoms. The number of hydrogen-bond donors (Lipinski definition) is 2. The third-order valence-electron chi connectivity index (χ3n) is 5.22. The minimum atomic E-state index is -3.64. The average molecular weight is 416 g/mol. The molecule has 1 amide bonds. The van der Waals surface area contributed by atoms with Gasteiger partial charge in [-0.15, -0.1) is 0 Å². The molecule has 29 heavy (non-hydrogen) atoms. The van der Waals surface area contributed by atoms with Gasteiger partial charge < -0.3 is 14.8 Å². The molecule has 0 saturated carbocycles. The van der Waals surface area contributed by atoms with Crippen LogP contribution in [0.4, 0.5) is 0 Å². The molecule has 0 spiro atoms. The standard InChI is InChI=1S/C21H24N2O5S/c24-21(23-19-11-13-28-20-6-2-1-5-18(19)20)15-7-9-17(10-8-15)29(25,26)22-14-16-4-3-12-27-16/h1-2,5-10,16,19,22H,3-4,11-14H2,(H,23,24). The highest BCUT2D eigenvalue weighted by atomic mass is 32.2. The van der Waals surface area contributed by atoms with Gasteiger partial charge in [0.2, 0.25) is 10.0 Å². The Labute approximate surface area is 170 Å². The van der Waals surface area contributed by atoms with Crippen molar-refractivity contribution in [2.75, 3.05) is 19.8 Å². The van der Waals surface area contributed by atoms with Gasteiger partial charge in [-0.05, 0) is 43.2 Å². The summed E-state index contributed by atoms with van der Waals surface area (Å²) in [6, 6.07) is 13.5. The lowest BCUT2D eigenvalue weighted by atomic mass is 10.00. The number of ether oxygens (including phenoxy) is 2. The van der Waals surface area contributed by atoms with E-state index in [2.05, 4.69) is 10.0 Å². The second-order valence-electron chi connectivity index (χ2n) is 7.21. The average Bonchev–Trinajstić information content (AvgIpc) is 3.26. The zero-order valence-corrected chi connectivity index (χ0v) is 16.8. The molecule has 7 nitrogen and oxygen atoms in total. The van der Waals surface area contributed by atoms with E-state index in [1.807, 2.05) is 24.3 Å². The van der Waals surface area contributed by atoms with E-state index >= 15 is 0 Å². The van der Waals surface area contributed by atoms with Gasteiger partial charge in [0, 0.05) is 30.7 Å². The maximum absolute atomic E-state index is 12.6. The van der Waals surface area contributed by atoms with Gasteiger partial charge in [-0.3, -0.25) is 4.79 Å². The Balaban J connectivity index is 1.40. The fourth-order valence-corrected chi connectivity index (χ4v) is 4.68. The second-order valence-corrected chi connectivity index (χ2v) is 8.98. The van der Waals surface area contributed by atoms with Gasteiger partial charge in [-0.2, -0.15) is 0 Å². The van der Waals surface area contributed by atoms with Crippen LogP contribution in [0.3, 0.4) is 0 Å². The van der Waals surface area contributed by atoms with Gasteiger partial charge in [-0.1, -0.05) is 18.2 Å². The summed E-state index contributed by atoms with van der Waals surface area (Å²) in [6.07, 6.45) is 2.42. The van der Waals surface area contributed by atoms with Crippen molar-refractivity contribution in [3.8, 4) is 5.75 Å². The second kappa shape index (κ2) is 8.52. The zero-order valence-electron chi connectivity index (χ0n) is 16.0. The molecule has 4 rings (SSSR count). The summed E-state index contributed by atoms with van der Waals surface area (Å²) in [4.78, 5) is 12.8. The summed E-state index contributed by atoms with van der Waals surface area (Å²) >= 11 is 0. The molecule has 2 aromatic carbocycles. The van der Waals surface area contributed by atoms with Gasteiger partial charge in [0.1, 0.15) is 5.75 Å². The van der Waals surface area contributed by atoms with E-state index in [1.165, 1.54) is 24.3 Å². The van der Waals surface area contributed by atoms with Gasteiger partial charge in [-0.25, -0.2) is 13.1 Å². The first-order chi connectivity index (χ1) is 14.0. The molecule has 1 fully saturated rings. The molecule has 2 aliphatic rings. The van der Waals surface area contributed by atoms with Crippen LogP contribution in [0, 0.1) is 0 Å². The number of carbonyl (C=O) groups excluding carboxylic acids is 1. The molecule has 154 valence electrons. The molecular formula is C21H24N2O5S. The summed E-state index contributed by atoms with van der Waals surface area (Å²) in [6.45, 7) is 1.47. The van der Waals surface area contributed by atoms with Crippen molar-refractivity contribution in [3.63, 3.8) is 0 Å². The molecule has 2 atom stereocenters. The van der Waals surface area contributed by atoms with Crippen LogP contribution in [0.2, 0.25) is 0 Å². The minimum absolute atomic E-state index is 0.0721.